The lowest BCUT2D eigenvalue weighted by molar-refractivity contribution is 0.102. The van der Waals surface area contributed by atoms with Crippen LogP contribution in [0.1, 0.15) is 41.7 Å². The molecular weight excluding hydrogens is 310 g/mol. The van der Waals surface area contributed by atoms with Crippen molar-refractivity contribution < 1.29 is 4.79 Å². The number of aryl methyl sites for hydroxylation is 1. The Morgan fingerprint density at radius 1 is 1.22 bits per heavy atom. The molecule has 4 nitrogen and oxygen atoms in total. The van der Waals surface area contributed by atoms with Crippen molar-refractivity contribution in [2.24, 2.45) is 0 Å². The van der Waals surface area contributed by atoms with Gasteiger partial charge >= 0.3 is 0 Å². The van der Waals surface area contributed by atoms with Crippen molar-refractivity contribution in [3.05, 3.63) is 52.8 Å². The van der Waals surface area contributed by atoms with Crippen molar-refractivity contribution in [2.75, 3.05) is 10.6 Å². The molecule has 1 aromatic carbocycles. The van der Waals surface area contributed by atoms with Crippen molar-refractivity contribution in [3.8, 4) is 0 Å². The third-order valence-corrected chi connectivity index (χ3v) is 4.40. The van der Waals surface area contributed by atoms with Gasteiger partial charge in [0.1, 0.15) is 5.69 Å². The van der Waals surface area contributed by atoms with Gasteiger partial charge in [-0.05, 0) is 49.6 Å². The number of anilines is 2. The number of hydrogen-bond donors (Lipinski definition) is 2. The number of rotatable bonds is 4. The molecule has 1 aromatic heterocycles. The highest BCUT2D eigenvalue weighted by Crippen LogP contribution is 2.23. The van der Waals surface area contributed by atoms with Gasteiger partial charge in [0, 0.05) is 28.6 Å². The molecule has 0 bridgehead atoms. The summed E-state index contributed by atoms with van der Waals surface area (Å²) in [6.45, 7) is 1.93. The standard InChI is InChI=1S/C18H20ClN3O/c1-12-6-7-13(19)10-16(12)22-18(23)17-11-15(8-9-20-17)21-14-4-2-3-5-14/h6-11,14H,2-5H2,1H3,(H,20,21)(H,22,23). The van der Waals surface area contributed by atoms with E-state index in [9.17, 15) is 4.79 Å². The number of hydrogen-bond acceptors (Lipinski definition) is 3. The maximum atomic E-state index is 12.4. The molecule has 0 radical (unpaired) electrons. The molecule has 0 spiro atoms. The first-order valence-electron chi connectivity index (χ1n) is 7.92. The summed E-state index contributed by atoms with van der Waals surface area (Å²) in [5, 5.41) is 6.95. The normalized spacial score (nSPS) is 14.7. The monoisotopic (exact) mass is 329 g/mol. The second-order valence-corrected chi connectivity index (χ2v) is 6.41. The highest BCUT2D eigenvalue weighted by atomic mass is 35.5. The van der Waals surface area contributed by atoms with E-state index in [2.05, 4.69) is 15.6 Å². The number of benzene rings is 1. The first-order valence-corrected chi connectivity index (χ1v) is 8.30. The molecular formula is C18H20ClN3O. The van der Waals surface area contributed by atoms with E-state index in [4.69, 9.17) is 11.6 Å². The Kier molecular flexibility index (Phi) is 4.82. The summed E-state index contributed by atoms with van der Waals surface area (Å²) in [7, 11) is 0. The maximum Gasteiger partial charge on any atom is 0.274 e. The van der Waals surface area contributed by atoms with Crippen molar-refractivity contribution in [1.29, 1.82) is 0 Å². The lowest BCUT2D eigenvalue weighted by Gasteiger charge is -2.14. The van der Waals surface area contributed by atoms with Crippen molar-refractivity contribution in [3.63, 3.8) is 0 Å². The number of aromatic nitrogens is 1. The average molecular weight is 330 g/mol. The van der Waals surface area contributed by atoms with Crippen LogP contribution >= 0.6 is 11.6 Å². The predicted molar refractivity (Wildman–Crippen MR) is 94.3 cm³/mol. The summed E-state index contributed by atoms with van der Waals surface area (Å²) in [6.07, 6.45) is 6.57. The van der Waals surface area contributed by atoms with Gasteiger partial charge in [-0.2, -0.15) is 0 Å². The van der Waals surface area contributed by atoms with Crippen LogP contribution in [0, 0.1) is 6.92 Å². The number of halogens is 1. The molecule has 0 atom stereocenters. The van der Waals surface area contributed by atoms with E-state index in [0.717, 1.165) is 11.3 Å². The smallest absolute Gasteiger partial charge is 0.274 e. The van der Waals surface area contributed by atoms with Crippen LogP contribution in [-0.2, 0) is 0 Å². The van der Waals surface area contributed by atoms with Gasteiger partial charge in [0.25, 0.3) is 5.91 Å². The third-order valence-electron chi connectivity index (χ3n) is 4.17. The van der Waals surface area contributed by atoms with Crippen molar-refractivity contribution in [2.45, 2.75) is 38.6 Å². The van der Waals surface area contributed by atoms with Crippen LogP contribution in [0.5, 0.6) is 0 Å². The van der Waals surface area contributed by atoms with E-state index < -0.39 is 0 Å². The van der Waals surface area contributed by atoms with E-state index >= 15 is 0 Å². The Balaban J connectivity index is 1.72. The minimum Gasteiger partial charge on any atom is -0.382 e. The third kappa shape index (κ3) is 4.02. The molecule has 120 valence electrons. The SMILES string of the molecule is Cc1ccc(Cl)cc1NC(=O)c1cc(NC2CCCC2)ccn1. The first kappa shape index (κ1) is 15.8. The summed E-state index contributed by atoms with van der Waals surface area (Å²) in [5.41, 5.74) is 3.01. The predicted octanol–water partition coefficient (Wildman–Crippen LogP) is 4.65. The number of nitrogens with one attached hydrogen (secondary N) is 2. The van der Waals surface area contributed by atoms with Crippen molar-refractivity contribution >= 4 is 28.9 Å². The fraction of sp³-hybridized carbons (Fsp3) is 0.333. The van der Waals surface area contributed by atoms with Gasteiger partial charge in [0.05, 0.1) is 0 Å². The molecule has 3 rings (SSSR count). The minimum atomic E-state index is -0.231. The van der Waals surface area contributed by atoms with Crippen molar-refractivity contribution in [1.82, 2.24) is 4.98 Å². The topological polar surface area (TPSA) is 54.0 Å². The quantitative estimate of drug-likeness (QED) is 0.858. The molecule has 0 unspecified atom stereocenters. The molecule has 5 heteroatoms. The van der Waals surface area contributed by atoms with E-state index in [-0.39, 0.29) is 5.91 Å². The lowest BCUT2D eigenvalue weighted by atomic mass is 10.2. The molecule has 1 fully saturated rings. The van der Waals surface area contributed by atoms with E-state index in [1.165, 1.54) is 25.7 Å². The Morgan fingerprint density at radius 2 is 2.00 bits per heavy atom. The van der Waals surface area contributed by atoms with Crippen LogP contribution in [0.4, 0.5) is 11.4 Å². The fourth-order valence-corrected chi connectivity index (χ4v) is 3.04. The van der Waals surface area contributed by atoms with Gasteiger partial charge in [0.2, 0.25) is 0 Å². The number of pyridine rings is 1. The molecule has 1 saturated carbocycles. The first-order chi connectivity index (χ1) is 11.1. The van der Waals surface area contributed by atoms with Crippen LogP contribution in [0.3, 0.4) is 0 Å². The lowest BCUT2D eigenvalue weighted by Crippen LogP contribution is -2.17. The van der Waals surface area contributed by atoms with Gasteiger partial charge in [-0.15, -0.1) is 0 Å². The molecule has 0 aliphatic heterocycles. The summed E-state index contributed by atoms with van der Waals surface area (Å²) in [6, 6.07) is 9.63. The zero-order valence-corrected chi connectivity index (χ0v) is 13.9. The molecule has 2 N–H and O–H groups in total. The molecule has 1 heterocycles. The van der Waals surface area contributed by atoms with Gasteiger partial charge in [-0.3, -0.25) is 9.78 Å². The minimum absolute atomic E-state index is 0.231. The second kappa shape index (κ2) is 7.01. The molecule has 1 aliphatic carbocycles. The second-order valence-electron chi connectivity index (χ2n) is 5.97. The summed E-state index contributed by atoms with van der Waals surface area (Å²) < 4.78 is 0. The summed E-state index contributed by atoms with van der Waals surface area (Å²) in [5.74, 6) is -0.231. The van der Waals surface area contributed by atoms with Crippen LogP contribution < -0.4 is 10.6 Å². The zero-order chi connectivity index (χ0) is 16.2. The number of carbonyl (C=O) groups excluding carboxylic acids is 1. The molecule has 0 saturated heterocycles. The van der Waals surface area contributed by atoms with Crippen LogP contribution in [0.15, 0.2) is 36.5 Å². The molecule has 2 aromatic rings. The number of nitrogens with zero attached hydrogens (tertiary/aromatic N) is 1. The van der Waals surface area contributed by atoms with Crippen LogP contribution in [0.25, 0.3) is 0 Å². The Morgan fingerprint density at radius 3 is 2.78 bits per heavy atom. The molecule has 23 heavy (non-hydrogen) atoms. The fourth-order valence-electron chi connectivity index (χ4n) is 2.87. The Bertz CT molecular complexity index is 711. The Labute approximate surface area is 141 Å². The van der Waals surface area contributed by atoms with Crippen LogP contribution in [-0.4, -0.2) is 16.9 Å². The van der Waals surface area contributed by atoms with E-state index in [1.807, 2.05) is 19.1 Å². The maximum absolute atomic E-state index is 12.4. The highest BCUT2D eigenvalue weighted by Gasteiger charge is 2.16. The van der Waals surface area contributed by atoms with Gasteiger partial charge in [-0.25, -0.2) is 0 Å². The average Bonchev–Trinajstić information content (AvgIpc) is 3.04. The Hall–Kier alpha value is -2.07. The highest BCUT2D eigenvalue weighted by molar-refractivity contribution is 6.31. The largest absolute Gasteiger partial charge is 0.382 e. The molecule has 1 amide bonds. The van der Waals surface area contributed by atoms with Gasteiger partial charge < -0.3 is 10.6 Å². The van der Waals surface area contributed by atoms with E-state index in [0.29, 0.717) is 22.4 Å². The van der Waals surface area contributed by atoms with Gasteiger partial charge in [-0.1, -0.05) is 30.5 Å². The van der Waals surface area contributed by atoms with Crippen LogP contribution in [0.2, 0.25) is 5.02 Å². The summed E-state index contributed by atoms with van der Waals surface area (Å²) >= 11 is 5.99. The zero-order valence-electron chi connectivity index (χ0n) is 13.1. The number of carbonyl (C=O) groups is 1. The summed E-state index contributed by atoms with van der Waals surface area (Å²) in [4.78, 5) is 16.6. The molecule has 1 aliphatic rings. The number of amides is 1. The van der Waals surface area contributed by atoms with E-state index in [1.54, 1.807) is 24.4 Å². The van der Waals surface area contributed by atoms with Gasteiger partial charge in [0.15, 0.2) is 0 Å².